The molecule has 3 unspecified atom stereocenters. The van der Waals surface area contributed by atoms with E-state index in [-0.39, 0.29) is 24.0 Å². The van der Waals surface area contributed by atoms with Crippen molar-refractivity contribution < 1.29 is 0 Å². The molecule has 146 valence electrons. The van der Waals surface area contributed by atoms with Gasteiger partial charge < -0.3 is 10.6 Å². The van der Waals surface area contributed by atoms with Crippen molar-refractivity contribution >= 4 is 45.9 Å². The molecule has 0 spiro atoms. The lowest BCUT2D eigenvalue weighted by Crippen LogP contribution is -2.48. The van der Waals surface area contributed by atoms with Crippen molar-refractivity contribution in [3.8, 4) is 0 Å². The fourth-order valence-corrected chi connectivity index (χ4v) is 3.91. The monoisotopic (exact) mass is 544 g/mol. The average Bonchev–Trinajstić information content (AvgIpc) is 3.27. The Morgan fingerprint density at radius 1 is 1.30 bits per heavy atom. The largest absolute Gasteiger partial charge is 0.353 e. The van der Waals surface area contributed by atoms with Gasteiger partial charge in [0, 0.05) is 35.4 Å². The number of nitrogens with one attached hydrogen (secondary N) is 2. The molecule has 1 aliphatic heterocycles. The maximum Gasteiger partial charge on any atom is 0.191 e. The first-order valence-electron chi connectivity index (χ1n) is 9.35. The van der Waals surface area contributed by atoms with Crippen LogP contribution in [0, 0.1) is 6.92 Å². The third-order valence-corrected chi connectivity index (χ3v) is 5.56. The first-order chi connectivity index (χ1) is 12.6. The van der Waals surface area contributed by atoms with Gasteiger partial charge in [-0.3, -0.25) is 4.99 Å². The molecule has 1 aromatic heterocycles. The first-order valence-corrected chi connectivity index (χ1v) is 10.1. The Kier molecular flexibility index (Phi) is 6.78. The van der Waals surface area contributed by atoms with Gasteiger partial charge in [0.05, 0.1) is 6.54 Å². The molecule has 0 saturated heterocycles. The van der Waals surface area contributed by atoms with Crippen LogP contribution in [0.5, 0.6) is 0 Å². The second-order valence-corrected chi connectivity index (χ2v) is 8.02. The van der Waals surface area contributed by atoms with Crippen LogP contribution in [0.1, 0.15) is 42.9 Å². The summed E-state index contributed by atoms with van der Waals surface area (Å²) in [5.74, 6) is 3.45. The highest BCUT2D eigenvalue weighted by molar-refractivity contribution is 14.0. The number of benzene rings is 1. The second-order valence-electron chi connectivity index (χ2n) is 7.10. The molecule has 1 saturated carbocycles. The molecule has 0 amide bonds. The van der Waals surface area contributed by atoms with Gasteiger partial charge in [-0.05, 0) is 44.4 Å². The number of fused-ring (bicyclic) bond motifs is 1. The summed E-state index contributed by atoms with van der Waals surface area (Å²) < 4.78 is 3.16. The maximum atomic E-state index is 4.64. The van der Waals surface area contributed by atoms with Gasteiger partial charge >= 0.3 is 0 Å². The zero-order valence-corrected chi connectivity index (χ0v) is 19.6. The van der Waals surface area contributed by atoms with E-state index in [1.165, 1.54) is 5.56 Å². The number of hydrogen-bond acceptors (Lipinski definition) is 3. The van der Waals surface area contributed by atoms with E-state index >= 15 is 0 Å². The molecule has 8 heteroatoms. The van der Waals surface area contributed by atoms with Gasteiger partial charge in [-0.1, -0.05) is 28.1 Å². The molecule has 1 aromatic carbocycles. The lowest BCUT2D eigenvalue weighted by atomic mass is 10.1. The van der Waals surface area contributed by atoms with Gasteiger partial charge in [0.25, 0.3) is 0 Å². The van der Waals surface area contributed by atoms with Crippen molar-refractivity contribution in [2.45, 2.75) is 57.7 Å². The lowest BCUT2D eigenvalue weighted by molar-refractivity contribution is 0.392. The molecular formula is C19H26BrIN6. The number of hydrogen-bond donors (Lipinski definition) is 2. The van der Waals surface area contributed by atoms with Crippen LogP contribution in [0.3, 0.4) is 0 Å². The van der Waals surface area contributed by atoms with Crippen LogP contribution < -0.4 is 10.6 Å². The quantitative estimate of drug-likeness (QED) is 0.352. The predicted octanol–water partition coefficient (Wildman–Crippen LogP) is 3.39. The zero-order chi connectivity index (χ0) is 18.1. The SMILES string of the molecule is CCN=C(NC1CCc2nc(C)nn2C1)NC1CC1c1ccc(Br)cc1.I. The Labute approximate surface area is 185 Å². The molecule has 1 aliphatic carbocycles. The van der Waals surface area contributed by atoms with Gasteiger partial charge in [0.15, 0.2) is 5.96 Å². The molecule has 0 radical (unpaired) electrons. The number of rotatable bonds is 4. The van der Waals surface area contributed by atoms with Gasteiger partial charge in [-0.15, -0.1) is 24.0 Å². The van der Waals surface area contributed by atoms with E-state index in [0.29, 0.717) is 18.0 Å². The summed E-state index contributed by atoms with van der Waals surface area (Å²) in [4.78, 5) is 9.13. The third kappa shape index (κ3) is 5.01. The van der Waals surface area contributed by atoms with Crippen LogP contribution >= 0.6 is 39.9 Å². The van der Waals surface area contributed by atoms with Crippen molar-refractivity contribution in [3.05, 3.63) is 46.0 Å². The Hall–Kier alpha value is -1.16. The Morgan fingerprint density at radius 3 is 2.81 bits per heavy atom. The molecule has 2 heterocycles. The number of nitrogens with zero attached hydrogens (tertiary/aromatic N) is 4. The summed E-state index contributed by atoms with van der Waals surface area (Å²) in [6.45, 7) is 5.64. The number of halogens is 2. The van der Waals surface area contributed by atoms with E-state index in [2.05, 4.69) is 72.8 Å². The van der Waals surface area contributed by atoms with Crippen LogP contribution in [0.2, 0.25) is 0 Å². The smallest absolute Gasteiger partial charge is 0.191 e. The van der Waals surface area contributed by atoms with Crippen molar-refractivity contribution in [2.75, 3.05) is 6.54 Å². The van der Waals surface area contributed by atoms with E-state index in [0.717, 1.165) is 54.4 Å². The summed E-state index contributed by atoms with van der Waals surface area (Å²) in [6, 6.07) is 9.44. The standard InChI is InChI=1S/C19H25BrN6.HI/c1-3-21-19(23-15-8-9-18-22-12(2)25-26(18)11-15)24-17-10-16(17)13-4-6-14(20)7-5-13;/h4-7,15-17H,3,8-11H2,1-2H3,(H2,21,23,24);1H. The molecule has 27 heavy (non-hydrogen) atoms. The Balaban J connectivity index is 0.00000210. The van der Waals surface area contributed by atoms with Crippen molar-refractivity contribution in [1.29, 1.82) is 0 Å². The molecule has 0 bridgehead atoms. The molecule has 6 nitrogen and oxygen atoms in total. The van der Waals surface area contributed by atoms with Crippen molar-refractivity contribution in [2.24, 2.45) is 4.99 Å². The summed E-state index contributed by atoms with van der Waals surface area (Å²) in [6.07, 6.45) is 3.18. The summed E-state index contributed by atoms with van der Waals surface area (Å²) in [5, 5.41) is 11.7. The van der Waals surface area contributed by atoms with Crippen molar-refractivity contribution in [1.82, 2.24) is 25.4 Å². The van der Waals surface area contributed by atoms with E-state index in [4.69, 9.17) is 0 Å². The van der Waals surface area contributed by atoms with Gasteiger partial charge in [0.2, 0.25) is 0 Å². The number of aromatic nitrogens is 3. The highest BCUT2D eigenvalue weighted by Crippen LogP contribution is 2.41. The van der Waals surface area contributed by atoms with Gasteiger partial charge in [-0.25, -0.2) is 9.67 Å². The average molecular weight is 545 g/mol. The molecule has 1 fully saturated rings. The molecule has 2 aromatic rings. The van der Waals surface area contributed by atoms with Crippen molar-refractivity contribution in [3.63, 3.8) is 0 Å². The number of aryl methyl sites for hydroxylation is 2. The van der Waals surface area contributed by atoms with Crippen LogP contribution in [0.25, 0.3) is 0 Å². The van der Waals surface area contributed by atoms with Gasteiger partial charge in [-0.2, -0.15) is 5.10 Å². The highest BCUT2D eigenvalue weighted by atomic mass is 127. The zero-order valence-electron chi connectivity index (χ0n) is 15.7. The highest BCUT2D eigenvalue weighted by Gasteiger charge is 2.39. The molecule has 2 aliphatic rings. The minimum absolute atomic E-state index is 0. The molecular weight excluding hydrogens is 519 g/mol. The summed E-state index contributed by atoms with van der Waals surface area (Å²) in [5.41, 5.74) is 1.39. The van der Waals surface area contributed by atoms with E-state index < -0.39 is 0 Å². The Morgan fingerprint density at radius 2 is 2.07 bits per heavy atom. The lowest BCUT2D eigenvalue weighted by Gasteiger charge is -2.25. The van der Waals surface area contributed by atoms with E-state index in [9.17, 15) is 0 Å². The normalized spacial score (nSPS) is 24.0. The summed E-state index contributed by atoms with van der Waals surface area (Å²) >= 11 is 3.50. The number of guanidine groups is 1. The van der Waals surface area contributed by atoms with Crippen LogP contribution in [-0.2, 0) is 13.0 Å². The molecule has 3 atom stereocenters. The molecule has 4 rings (SSSR count). The minimum Gasteiger partial charge on any atom is -0.353 e. The van der Waals surface area contributed by atoms with E-state index in [1.807, 2.05) is 11.6 Å². The predicted molar refractivity (Wildman–Crippen MR) is 122 cm³/mol. The number of aliphatic imine (C=N–C) groups is 1. The topological polar surface area (TPSA) is 67.1 Å². The Bertz CT molecular complexity index is 803. The third-order valence-electron chi connectivity index (χ3n) is 5.03. The first kappa shape index (κ1) is 20.6. The summed E-state index contributed by atoms with van der Waals surface area (Å²) in [7, 11) is 0. The van der Waals surface area contributed by atoms with Crippen LogP contribution in [0.15, 0.2) is 33.7 Å². The second kappa shape index (κ2) is 8.89. The van der Waals surface area contributed by atoms with E-state index in [1.54, 1.807) is 0 Å². The minimum atomic E-state index is 0. The van der Waals surface area contributed by atoms with Crippen LogP contribution in [-0.4, -0.2) is 39.4 Å². The maximum absolute atomic E-state index is 4.64. The molecule has 2 N–H and O–H groups in total. The van der Waals surface area contributed by atoms with Crippen LogP contribution in [0.4, 0.5) is 0 Å². The fourth-order valence-electron chi connectivity index (χ4n) is 3.64. The fraction of sp³-hybridized carbons (Fsp3) is 0.526. The van der Waals surface area contributed by atoms with Gasteiger partial charge in [0.1, 0.15) is 11.6 Å².